The highest BCUT2D eigenvalue weighted by molar-refractivity contribution is 6.06. The Morgan fingerprint density at radius 2 is 1.91 bits per heavy atom. The summed E-state index contributed by atoms with van der Waals surface area (Å²) in [7, 11) is 0. The molecule has 3 aromatic rings. The lowest BCUT2D eigenvalue weighted by Crippen LogP contribution is -2.33. The Morgan fingerprint density at radius 1 is 1.23 bits per heavy atom. The number of benzene rings is 1. The molecule has 9 nitrogen and oxygen atoms in total. The summed E-state index contributed by atoms with van der Waals surface area (Å²) in [4.78, 5) is 29.0. The van der Waals surface area contributed by atoms with Crippen molar-refractivity contribution in [1.82, 2.24) is 19.3 Å². The topological polar surface area (TPSA) is 111 Å². The summed E-state index contributed by atoms with van der Waals surface area (Å²) in [5.74, 6) is -5.34. The van der Waals surface area contributed by atoms with Gasteiger partial charge in [-0.3, -0.25) is 9.36 Å². The predicted molar refractivity (Wildman–Crippen MR) is 112 cm³/mol. The number of halogens is 5. The summed E-state index contributed by atoms with van der Waals surface area (Å²) in [6.07, 6.45) is -7.36. The minimum absolute atomic E-state index is 0.0490. The first-order valence-corrected chi connectivity index (χ1v) is 10.2. The van der Waals surface area contributed by atoms with Crippen molar-refractivity contribution >= 4 is 11.6 Å². The van der Waals surface area contributed by atoms with Crippen LogP contribution in [0.4, 0.5) is 27.6 Å². The van der Waals surface area contributed by atoms with Gasteiger partial charge < -0.3 is 15.2 Å². The van der Waals surface area contributed by atoms with Gasteiger partial charge in [-0.1, -0.05) is 6.07 Å². The summed E-state index contributed by atoms with van der Waals surface area (Å²) < 4.78 is 74.7. The van der Waals surface area contributed by atoms with Crippen LogP contribution in [0.1, 0.15) is 35.6 Å². The third-order valence-corrected chi connectivity index (χ3v) is 4.88. The van der Waals surface area contributed by atoms with Gasteiger partial charge in [-0.05, 0) is 44.5 Å². The fourth-order valence-electron chi connectivity index (χ4n) is 3.03. The van der Waals surface area contributed by atoms with E-state index in [-0.39, 0.29) is 18.1 Å². The fourth-order valence-corrected chi connectivity index (χ4v) is 3.03. The number of pyridine rings is 1. The van der Waals surface area contributed by atoms with Crippen LogP contribution < -0.4 is 15.7 Å². The summed E-state index contributed by atoms with van der Waals surface area (Å²) in [5.41, 5.74) is -1.46. The maximum absolute atomic E-state index is 15.0. The number of nitrogens with zero attached hydrogens (tertiary/aromatic N) is 4. The standard InChI is InChI=1S/C21H20F5N5O4/c1-4-30-16(9-32)29-31(20(30)34)17-14(23)8-12(19(28-17)35-11(3)21(24,25)26)18(33)27-15-7-10(2)5-6-13(15)22/h5-8,11,32H,4,9H2,1-3H3,(H,27,33)/t11-/m0/s1. The van der Waals surface area contributed by atoms with Crippen molar-refractivity contribution in [2.45, 2.75) is 46.2 Å². The molecule has 2 aromatic heterocycles. The van der Waals surface area contributed by atoms with Crippen molar-refractivity contribution in [2.75, 3.05) is 5.32 Å². The number of aryl methyl sites for hydroxylation is 1. The number of hydrogen-bond acceptors (Lipinski definition) is 6. The normalized spacial score (nSPS) is 12.5. The van der Waals surface area contributed by atoms with Crippen LogP contribution in [0.5, 0.6) is 5.88 Å². The molecular formula is C21H20F5N5O4. The van der Waals surface area contributed by atoms with Crippen molar-refractivity contribution in [3.05, 3.63) is 63.3 Å². The lowest BCUT2D eigenvalue weighted by atomic mass is 10.2. The molecule has 1 atom stereocenters. The predicted octanol–water partition coefficient (Wildman–Crippen LogP) is 3.11. The third kappa shape index (κ3) is 5.31. The van der Waals surface area contributed by atoms with E-state index in [1.807, 2.05) is 0 Å². The van der Waals surface area contributed by atoms with Gasteiger partial charge in [0.25, 0.3) is 5.91 Å². The van der Waals surface area contributed by atoms with Crippen LogP contribution in [-0.2, 0) is 13.2 Å². The molecule has 0 aliphatic rings. The highest BCUT2D eigenvalue weighted by atomic mass is 19.4. The molecule has 0 fully saturated rings. The maximum Gasteiger partial charge on any atom is 0.425 e. The average molecular weight is 501 g/mol. The molecule has 0 saturated heterocycles. The Labute approximate surface area is 194 Å². The van der Waals surface area contributed by atoms with E-state index in [4.69, 9.17) is 4.74 Å². The maximum atomic E-state index is 15.0. The Kier molecular flexibility index (Phi) is 7.24. The van der Waals surface area contributed by atoms with E-state index in [1.165, 1.54) is 12.1 Å². The summed E-state index contributed by atoms with van der Waals surface area (Å²) in [5, 5.41) is 15.3. The van der Waals surface area contributed by atoms with Gasteiger partial charge >= 0.3 is 11.9 Å². The zero-order valence-electron chi connectivity index (χ0n) is 18.7. The van der Waals surface area contributed by atoms with Crippen LogP contribution in [0.2, 0.25) is 0 Å². The highest BCUT2D eigenvalue weighted by Gasteiger charge is 2.39. The van der Waals surface area contributed by atoms with Gasteiger partial charge in [0.1, 0.15) is 18.0 Å². The number of rotatable bonds is 7. The first kappa shape index (κ1) is 25.8. The molecule has 0 radical (unpaired) electrons. The minimum atomic E-state index is -4.88. The second kappa shape index (κ2) is 9.82. The molecule has 14 heteroatoms. The average Bonchev–Trinajstić information content (AvgIpc) is 3.11. The Hall–Kier alpha value is -3.81. The van der Waals surface area contributed by atoms with Crippen molar-refractivity contribution in [3.63, 3.8) is 0 Å². The van der Waals surface area contributed by atoms with E-state index in [9.17, 15) is 36.6 Å². The Balaban J connectivity index is 2.14. The molecule has 188 valence electrons. The van der Waals surface area contributed by atoms with Crippen molar-refractivity contribution in [1.29, 1.82) is 0 Å². The van der Waals surface area contributed by atoms with Crippen LogP contribution in [0, 0.1) is 18.6 Å². The Morgan fingerprint density at radius 3 is 2.49 bits per heavy atom. The van der Waals surface area contributed by atoms with Gasteiger partial charge in [-0.15, -0.1) is 5.10 Å². The van der Waals surface area contributed by atoms with Gasteiger partial charge in [0.15, 0.2) is 23.6 Å². The smallest absolute Gasteiger partial charge is 0.425 e. The summed E-state index contributed by atoms with van der Waals surface area (Å²) >= 11 is 0. The molecule has 1 aromatic carbocycles. The number of aromatic nitrogens is 4. The molecule has 35 heavy (non-hydrogen) atoms. The highest BCUT2D eigenvalue weighted by Crippen LogP contribution is 2.29. The molecule has 0 unspecified atom stereocenters. The lowest BCUT2D eigenvalue weighted by Gasteiger charge is -2.19. The van der Waals surface area contributed by atoms with Crippen molar-refractivity contribution in [3.8, 4) is 11.7 Å². The van der Waals surface area contributed by atoms with Crippen LogP contribution in [0.15, 0.2) is 29.1 Å². The van der Waals surface area contributed by atoms with Crippen LogP contribution >= 0.6 is 0 Å². The first-order valence-electron chi connectivity index (χ1n) is 10.2. The number of anilines is 1. The molecule has 3 rings (SSSR count). The molecule has 0 spiro atoms. The quantitative estimate of drug-likeness (QED) is 0.482. The second-order valence-electron chi connectivity index (χ2n) is 7.40. The largest absolute Gasteiger partial charge is 0.464 e. The van der Waals surface area contributed by atoms with Gasteiger partial charge in [0.2, 0.25) is 5.88 Å². The molecule has 0 saturated carbocycles. The SMILES string of the molecule is CCn1c(CO)nn(-c2nc(O[C@@H](C)C(F)(F)F)c(C(=O)Nc3cc(C)ccc3F)cc2F)c1=O. The number of hydrogen-bond donors (Lipinski definition) is 2. The summed E-state index contributed by atoms with van der Waals surface area (Å²) in [6, 6.07) is 4.25. The number of carbonyl (C=O) groups excluding carboxylic acids is 1. The monoisotopic (exact) mass is 501 g/mol. The molecule has 0 aliphatic heterocycles. The van der Waals surface area contributed by atoms with Crippen molar-refractivity contribution in [2.24, 2.45) is 0 Å². The number of amides is 1. The van der Waals surface area contributed by atoms with E-state index in [0.717, 1.165) is 10.6 Å². The van der Waals surface area contributed by atoms with E-state index in [0.29, 0.717) is 23.2 Å². The summed E-state index contributed by atoms with van der Waals surface area (Å²) in [6.45, 7) is 3.16. The zero-order chi connectivity index (χ0) is 26.1. The fraction of sp³-hybridized carbons (Fsp3) is 0.333. The van der Waals surface area contributed by atoms with Gasteiger partial charge in [-0.2, -0.15) is 22.8 Å². The van der Waals surface area contributed by atoms with E-state index in [1.54, 1.807) is 13.8 Å². The van der Waals surface area contributed by atoms with E-state index in [2.05, 4.69) is 15.4 Å². The van der Waals surface area contributed by atoms with E-state index >= 15 is 0 Å². The number of nitrogens with one attached hydrogen (secondary N) is 1. The van der Waals surface area contributed by atoms with Crippen LogP contribution in [0.3, 0.4) is 0 Å². The Bertz CT molecular complexity index is 1320. The minimum Gasteiger partial charge on any atom is -0.464 e. The number of aliphatic hydroxyl groups is 1. The molecule has 2 N–H and O–H groups in total. The van der Waals surface area contributed by atoms with Crippen LogP contribution in [0.25, 0.3) is 5.82 Å². The number of carbonyl (C=O) groups is 1. The lowest BCUT2D eigenvalue weighted by molar-refractivity contribution is -0.190. The van der Waals surface area contributed by atoms with E-state index < -0.39 is 59.4 Å². The second-order valence-corrected chi connectivity index (χ2v) is 7.40. The van der Waals surface area contributed by atoms with Gasteiger partial charge in [0.05, 0.1) is 5.69 Å². The first-order chi connectivity index (χ1) is 16.4. The van der Waals surface area contributed by atoms with Crippen LogP contribution in [-0.4, -0.2) is 42.6 Å². The number of ether oxygens (including phenoxy) is 1. The molecule has 0 bridgehead atoms. The molecular weight excluding hydrogens is 481 g/mol. The third-order valence-electron chi connectivity index (χ3n) is 4.88. The van der Waals surface area contributed by atoms with Gasteiger partial charge in [0, 0.05) is 6.54 Å². The zero-order valence-corrected chi connectivity index (χ0v) is 18.7. The molecule has 1 amide bonds. The van der Waals surface area contributed by atoms with Crippen molar-refractivity contribution < 1.29 is 36.6 Å². The number of alkyl halides is 3. The number of aliphatic hydroxyl groups excluding tert-OH is 1. The molecule has 2 heterocycles. The van der Waals surface area contributed by atoms with Gasteiger partial charge in [-0.25, -0.2) is 13.6 Å². The molecule has 0 aliphatic carbocycles.